The van der Waals surface area contributed by atoms with E-state index in [1.807, 2.05) is 25.7 Å². The van der Waals surface area contributed by atoms with Crippen molar-refractivity contribution in [1.29, 1.82) is 0 Å². The molecule has 2 N–H and O–H groups in total. The van der Waals surface area contributed by atoms with E-state index in [-0.39, 0.29) is 12.4 Å². The highest BCUT2D eigenvalue weighted by Gasteiger charge is 2.36. The van der Waals surface area contributed by atoms with Gasteiger partial charge in [0, 0.05) is 12.2 Å². The fourth-order valence-corrected chi connectivity index (χ4v) is 5.00. The number of rotatable bonds is 4. The minimum absolute atomic E-state index is 0.191. The van der Waals surface area contributed by atoms with E-state index in [0.717, 1.165) is 10.5 Å². The number of nitrogens with one attached hydrogen (secondary N) is 1. The maximum absolute atomic E-state index is 14.5. The highest BCUT2D eigenvalue weighted by Crippen LogP contribution is 2.33. The van der Waals surface area contributed by atoms with Crippen molar-refractivity contribution in [2.45, 2.75) is 32.1 Å². The maximum Gasteiger partial charge on any atom is 0.408 e. The number of anilines is 1. The quantitative estimate of drug-likeness (QED) is 0.747. The second-order valence-corrected chi connectivity index (χ2v) is 13.2. The molecule has 1 atom stereocenters. The van der Waals surface area contributed by atoms with Gasteiger partial charge in [-0.1, -0.05) is 31.8 Å². The molecular weight excluding hydrogens is 391 g/mol. The number of halogens is 1. The molecule has 2 aromatic carbocycles. The summed E-state index contributed by atoms with van der Waals surface area (Å²) in [5, 5.41) is 13.0. The van der Waals surface area contributed by atoms with Crippen molar-refractivity contribution in [2.75, 3.05) is 19.0 Å². The summed E-state index contributed by atoms with van der Waals surface area (Å²) in [5.74, 6) is -0.222. The van der Waals surface area contributed by atoms with Crippen LogP contribution in [0.5, 0.6) is 5.75 Å². The molecule has 1 heterocycles. The average molecular weight is 417 g/mol. The summed E-state index contributed by atoms with van der Waals surface area (Å²) in [6.07, 6.45) is -0.686. The molecule has 0 radical (unpaired) electrons. The summed E-state index contributed by atoms with van der Waals surface area (Å²) in [7, 11) is -0.288. The molecule has 0 fully saturated rings. The number of carbonyl (C=O) groups excluding carboxylic acids is 1. The van der Waals surface area contributed by atoms with Crippen molar-refractivity contribution >= 4 is 30.9 Å². The summed E-state index contributed by atoms with van der Waals surface area (Å²) in [5.41, 5.74) is 1.78. The van der Waals surface area contributed by atoms with Crippen molar-refractivity contribution in [3.05, 3.63) is 53.3 Å². The van der Waals surface area contributed by atoms with Crippen molar-refractivity contribution in [2.24, 2.45) is 0 Å². The molecule has 29 heavy (non-hydrogen) atoms. The zero-order valence-corrected chi connectivity index (χ0v) is 18.0. The second-order valence-electron chi connectivity index (χ2n) is 8.13. The van der Waals surface area contributed by atoms with Gasteiger partial charge in [0.1, 0.15) is 17.6 Å². The number of amides is 2. The van der Waals surface area contributed by atoms with Crippen molar-refractivity contribution in [1.82, 2.24) is 4.90 Å². The van der Waals surface area contributed by atoms with E-state index in [4.69, 9.17) is 4.74 Å². The molecule has 8 heteroatoms. The van der Waals surface area contributed by atoms with E-state index < -0.39 is 26.1 Å². The number of methoxy groups -OCH3 is 1. The molecular formula is C21H25FN2O4Si. The fourth-order valence-electron chi connectivity index (χ4n) is 3.63. The molecule has 2 aromatic rings. The summed E-state index contributed by atoms with van der Waals surface area (Å²) in [6.45, 7) is 6.32. The molecule has 3 rings (SSSR count). The van der Waals surface area contributed by atoms with Crippen LogP contribution in [-0.4, -0.2) is 43.7 Å². The molecule has 0 aliphatic carbocycles. The first-order valence-electron chi connectivity index (χ1n) is 9.39. The fraction of sp³-hybridized carbons (Fsp3) is 0.333. The zero-order chi connectivity index (χ0) is 21.3. The summed E-state index contributed by atoms with van der Waals surface area (Å²) < 4.78 is 19.8. The molecule has 1 aliphatic heterocycles. The molecule has 0 saturated heterocycles. The third kappa shape index (κ3) is 4.27. The van der Waals surface area contributed by atoms with Gasteiger partial charge < -0.3 is 15.2 Å². The lowest BCUT2D eigenvalue weighted by molar-refractivity contribution is -0.121. The van der Waals surface area contributed by atoms with Crippen LogP contribution < -0.4 is 15.2 Å². The molecule has 0 aromatic heterocycles. The van der Waals surface area contributed by atoms with Gasteiger partial charge in [-0.25, -0.2) is 9.18 Å². The standard InChI is InChI=1S/C21H25FN2O4Si/c1-28-15-6-7-16-13(11-15)9-10-24(21(26)27)19(16)20(25)23-14-5-8-18(17(22)12-14)29(2,3)4/h5-8,11-12,19H,9-10H2,1-4H3,(H,23,25)(H,26,27). The third-order valence-electron chi connectivity index (χ3n) is 5.12. The second kappa shape index (κ2) is 7.86. The van der Waals surface area contributed by atoms with E-state index in [9.17, 15) is 19.1 Å². The minimum Gasteiger partial charge on any atom is -0.497 e. The summed E-state index contributed by atoms with van der Waals surface area (Å²) in [6, 6.07) is 8.88. The van der Waals surface area contributed by atoms with Crippen LogP contribution in [-0.2, 0) is 11.2 Å². The number of benzene rings is 2. The van der Waals surface area contributed by atoms with Crippen LogP contribution in [0.4, 0.5) is 14.9 Å². The third-order valence-corrected chi connectivity index (χ3v) is 7.14. The Labute approximate surface area is 170 Å². The van der Waals surface area contributed by atoms with Crippen LogP contribution >= 0.6 is 0 Å². The molecule has 6 nitrogen and oxygen atoms in total. The van der Waals surface area contributed by atoms with Gasteiger partial charge in [-0.05, 0) is 47.0 Å². The van der Waals surface area contributed by atoms with Gasteiger partial charge in [-0.3, -0.25) is 9.69 Å². The number of nitrogens with zero attached hydrogens (tertiary/aromatic N) is 1. The van der Waals surface area contributed by atoms with Crippen LogP contribution in [0.15, 0.2) is 36.4 Å². The largest absolute Gasteiger partial charge is 0.497 e. The number of carboxylic acid groups (broad SMARTS) is 1. The molecule has 1 unspecified atom stereocenters. The monoisotopic (exact) mass is 416 g/mol. The predicted octanol–water partition coefficient (Wildman–Crippen LogP) is 3.60. The van der Waals surface area contributed by atoms with E-state index >= 15 is 0 Å². The van der Waals surface area contributed by atoms with Crippen molar-refractivity contribution in [3.63, 3.8) is 0 Å². The van der Waals surface area contributed by atoms with Gasteiger partial charge in [0.2, 0.25) is 0 Å². The first-order valence-corrected chi connectivity index (χ1v) is 12.9. The lowest BCUT2D eigenvalue weighted by Gasteiger charge is -2.34. The Balaban J connectivity index is 1.92. The molecule has 0 saturated carbocycles. The summed E-state index contributed by atoms with van der Waals surface area (Å²) in [4.78, 5) is 25.9. The van der Waals surface area contributed by atoms with Crippen LogP contribution in [0, 0.1) is 5.82 Å². The zero-order valence-electron chi connectivity index (χ0n) is 17.0. The Morgan fingerprint density at radius 1 is 1.21 bits per heavy atom. The number of hydrogen-bond acceptors (Lipinski definition) is 3. The SMILES string of the molecule is COc1ccc2c(c1)CCN(C(=O)O)C2C(=O)Nc1ccc([Si](C)(C)C)c(F)c1. The molecule has 0 bridgehead atoms. The van der Waals surface area contributed by atoms with Crippen molar-refractivity contribution < 1.29 is 23.8 Å². The molecule has 2 amide bonds. The number of carbonyl (C=O) groups is 2. The number of hydrogen-bond donors (Lipinski definition) is 2. The Morgan fingerprint density at radius 2 is 1.93 bits per heavy atom. The van der Waals surface area contributed by atoms with Gasteiger partial charge in [0.05, 0.1) is 15.2 Å². The van der Waals surface area contributed by atoms with Crippen LogP contribution in [0.25, 0.3) is 0 Å². The van der Waals surface area contributed by atoms with Crippen LogP contribution in [0.1, 0.15) is 17.2 Å². The number of fused-ring (bicyclic) bond motifs is 1. The van der Waals surface area contributed by atoms with Crippen molar-refractivity contribution in [3.8, 4) is 5.75 Å². The smallest absolute Gasteiger partial charge is 0.408 e. The van der Waals surface area contributed by atoms with Gasteiger partial charge in [-0.2, -0.15) is 0 Å². The normalized spacial score (nSPS) is 16.2. The highest BCUT2D eigenvalue weighted by atomic mass is 28.3. The highest BCUT2D eigenvalue weighted by molar-refractivity contribution is 6.88. The summed E-state index contributed by atoms with van der Waals surface area (Å²) >= 11 is 0. The van der Waals surface area contributed by atoms with Gasteiger partial charge in [0.15, 0.2) is 0 Å². The first-order chi connectivity index (χ1) is 13.6. The van der Waals surface area contributed by atoms with Gasteiger partial charge >= 0.3 is 6.09 Å². The Morgan fingerprint density at radius 3 is 2.52 bits per heavy atom. The van der Waals surface area contributed by atoms with E-state index in [1.54, 1.807) is 31.4 Å². The maximum atomic E-state index is 14.5. The molecule has 1 aliphatic rings. The molecule has 154 valence electrons. The molecule has 0 spiro atoms. The van der Waals surface area contributed by atoms with E-state index in [2.05, 4.69) is 5.32 Å². The predicted molar refractivity (Wildman–Crippen MR) is 112 cm³/mol. The topological polar surface area (TPSA) is 78.9 Å². The Hall–Kier alpha value is -2.87. The Bertz CT molecular complexity index is 958. The average Bonchev–Trinajstić information content (AvgIpc) is 2.65. The van der Waals surface area contributed by atoms with E-state index in [1.165, 1.54) is 6.07 Å². The van der Waals surface area contributed by atoms with Crippen LogP contribution in [0.2, 0.25) is 19.6 Å². The Kier molecular flexibility index (Phi) is 5.65. The van der Waals surface area contributed by atoms with E-state index in [0.29, 0.717) is 28.6 Å². The minimum atomic E-state index is -1.84. The van der Waals surface area contributed by atoms with Gasteiger partial charge in [0.25, 0.3) is 5.91 Å². The van der Waals surface area contributed by atoms with Gasteiger partial charge in [-0.15, -0.1) is 0 Å². The van der Waals surface area contributed by atoms with Crippen LogP contribution in [0.3, 0.4) is 0 Å². The number of ether oxygens (including phenoxy) is 1. The lowest BCUT2D eigenvalue weighted by Crippen LogP contribution is -2.44. The lowest BCUT2D eigenvalue weighted by atomic mass is 9.92. The first kappa shape index (κ1) is 20.9.